The Morgan fingerprint density at radius 3 is 3.00 bits per heavy atom. The van der Waals surface area contributed by atoms with E-state index in [9.17, 15) is 4.79 Å². The molecule has 1 aromatic carbocycles. The first-order valence-electron chi connectivity index (χ1n) is 6.05. The summed E-state index contributed by atoms with van der Waals surface area (Å²) in [5, 5.41) is 6.50. The van der Waals surface area contributed by atoms with E-state index in [2.05, 4.69) is 10.3 Å². The Morgan fingerprint density at radius 2 is 2.32 bits per heavy atom. The van der Waals surface area contributed by atoms with Crippen LogP contribution in [0.25, 0.3) is 0 Å². The molecule has 19 heavy (non-hydrogen) atoms. The summed E-state index contributed by atoms with van der Waals surface area (Å²) in [4.78, 5) is 16.0. The Labute approximate surface area is 121 Å². The van der Waals surface area contributed by atoms with E-state index in [0.29, 0.717) is 24.4 Å². The van der Waals surface area contributed by atoms with E-state index in [0.717, 1.165) is 16.3 Å². The molecule has 0 bridgehead atoms. The highest BCUT2D eigenvalue weighted by atomic mass is 35.5. The Hall–Kier alpha value is -1.39. The molecule has 0 unspecified atom stereocenters. The first kappa shape index (κ1) is 14.0. The summed E-state index contributed by atoms with van der Waals surface area (Å²) in [6, 6.07) is 7.59. The highest BCUT2D eigenvalue weighted by Gasteiger charge is 2.04. The maximum Gasteiger partial charge on any atom is 0.220 e. The van der Waals surface area contributed by atoms with Crippen molar-refractivity contribution in [2.75, 3.05) is 0 Å². The summed E-state index contributed by atoms with van der Waals surface area (Å²) in [6.45, 7) is 2.45. The van der Waals surface area contributed by atoms with Crippen LogP contribution in [0.2, 0.25) is 5.02 Å². The van der Waals surface area contributed by atoms with Crippen LogP contribution in [0.5, 0.6) is 0 Å². The number of hydrogen-bond acceptors (Lipinski definition) is 3. The van der Waals surface area contributed by atoms with E-state index >= 15 is 0 Å². The Balaban J connectivity index is 1.75. The molecule has 0 aliphatic heterocycles. The van der Waals surface area contributed by atoms with E-state index in [1.165, 1.54) is 0 Å². The smallest absolute Gasteiger partial charge is 0.220 e. The number of thiazole rings is 1. The third-order valence-electron chi connectivity index (χ3n) is 2.63. The molecular formula is C14H15ClN2OS. The van der Waals surface area contributed by atoms with Crippen LogP contribution >= 0.6 is 22.9 Å². The number of aryl methyl sites for hydroxylation is 2. The van der Waals surface area contributed by atoms with Gasteiger partial charge in [0, 0.05) is 22.5 Å². The Bertz CT molecular complexity index is 568. The molecule has 1 aromatic heterocycles. The summed E-state index contributed by atoms with van der Waals surface area (Å²) in [5.41, 5.74) is 2.07. The highest BCUT2D eigenvalue weighted by molar-refractivity contribution is 7.09. The number of carbonyl (C=O) groups excluding carboxylic acids is 1. The zero-order valence-electron chi connectivity index (χ0n) is 10.6. The number of halogens is 1. The molecule has 0 spiro atoms. The summed E-state index contributed by atoms with van der Waals surface area (Å²) < 4.78 is 0. The second-order valence-corrected chi connectivity index (χ2v) is 5.67. The Kier molecular flexibility index (Phi) is 4.93. The maximum absolute atomic E-state index is 11.7. The predicted octanol–water partition coefficient (Wildman–Crippen LogP) is 3.35. The van der Waals surface area contributed by atoms with Crippen LogP contribution in [0.3, 0.4) is 0 Å². The van der Waals surface area contributed by atoms with Gasteiger partial charge in [0.15, 0.2) is 0 Å². The third-order valence-corrected chi connectivity index (χ3v) is 3.83. The van der Waals surface area contributed by atoms with Crippen LogP contribution < -0.4 is 5.32 Å². The summed E-state index contributed by atoms with van der Waals surface area (Å²) >= 11 is 7.46. The van der Waals surface area contributed by atoms with Gasteiger partial charge < -0.3 is 5.32 Å². The van der Waals surface area contributed by atoms with Crippen LogP contribution in [0.1, 0.15) is 22.7 Å². The number of benzene rings is 1. The van der Waals surface area contributed by atoms with Crippen LogP contribution in [0.4, 0.5) is 0 Å². The number of nitrogens with one attached hydrogen (secondary N) is 1. The molecule has 5 heteroatoms. The number of amides is 1. The summed E-state index contributed by atoms with van der Waals surface area (Å²) in [5.74, 6) is 0.0350. The average Bonchev–Trinajstić information content (AvgIpc) is 2.80. The van der Waals surface area contributed by atoms with Crippen molar-refractivity contribution in [2.45, 2.75) is 26.3 Å². The molecule has 0 aliphatic rings. The number of aromatic nitrogens is 1. The van der Waals surface area contributed by atoms with E-state index < -0.39 is 0 Å². The van der Waals surface area contributed by atoms with Crippen LogP contribution in [0, 0.1) is 6.92 Å². The molecule has 1 amide bonds. The minimum atomic E-state index is 0.0350. The molecule has 3 nitrogen and oxygen atoms in total. The van der Waals surface area contributed by atoms with Gasteiger partial charge in [-0.3, -0.25) is 4.79 Å². The minimum Gasteiger partial charge on any atom is -0.350 e. The first-order chi connectivity index (χ1) is 9.13. The molecular weight excluding hydrogens is 280 g/mol. The quantitative estimate of drug-likeness (QED) is 0.919. The van der Waals surface area contributed by atoms with E-state index in [4.69, 9.17) is 11.6 Å². The van der Waals surface area contributed by atoms with Crippen molar-refractivity contribution in [3.05, 3.63) is 50.9 Å². The Morgan fingerprint density at radius 1 is 1.47 bits per heavy atom. The highest BCUT2D eigenvalue weighted by Crippen LogP contribution is 2.12. The van der Waals surface area contributed by atoms with Crippen molar-refractivity contribution < 1.29 is 4.79 Å². The van der Waals surface area contributed by atoms with Gasteiger partial charge >= 0.3 is 0 Å². The molecule has 0 saturated carbocycles. The number of hydrogen-bond donors (Lipinski definition) is 1. The molecule has 2 aromatic rings. The van der Waals surface area contributed by atoms with Gasteiger partial charge in [0.2, 0.25) is 5.91 Å². The lowest BCUT2D eigenvalue weighted by Gasteiger charge is -2.04. The second kappa shape index (κ2) is 6.68. The number of nitrogens with zero attached hydrogens (tertiary/aromatic N) is 1. The van der Waals surface area contributed by atoms with Crippen molar-refractivity contribution in [3.8, 4) is 0 Å². The molecule has 0 fully saturated rings. The number of carbonyl (C=O) groups is 1. The molecule has 2 rings (SSSR count). The standard InChI is InChI=1S/C14H15ClN2OS/c1-10-9-19-14(17-10)8-16-13(18)6-5-11-3-2-4-12(15)7-11/h2-4,7,9H,5-6,8H2,1H3,(H,16,18). The minimum absolute atomic E-state index is 0.0350. The summed E-state index contributed by atoms with van der Waals surface area (Å²) in [7, 11) is 0. The third kappa shape index (κ3) is 4.65. The normalized spacial score (nSPS) is 10.4. The van der Waals surface area contributed by atoms with Gasteiger partial charge in [0.25, 0.3) is 0 Å². The van der Waals surface area contributed by atoms with E-state index in [1.807, 2.05) is 36.6 Å². The van der Waals surface area contributed by atoms with E-state index in [-0.39, 0.29) is 5.91 Å². The van der Waals surface area contributed by atoms with Gasteiger partial charge in [-0.1, -0.05) is 23.7 Å². The molecule has 1 N–H and O–H groups in total. The molecule has 0 radical (unpaired) electrons. The van der Waals surface area contributed by atoms with Crippen molar-refractivity contribution in [1.29, 1.82) is 0 Å². The van der Waals surface area contributed by atoms with Gasteiger partial charge in [0.1, 0.15) is 5.01 Å². The van der Waals surface area contributed by atoms with E-state index in [1.54, 1.807) is 11.3 Å². The van der Waals surface area contributed by atoms with Gasteiger partial charge in [-0.25, -0.2) is 4.98 Å². The maximum atomic E-state index is 11.7. The van der Waals surface area contributed by atoms with Crippen molar-refractivity contribution >= 4 is 28.8 Å². The zero-order chi connectivity index (χ0) is 13.7. The fourth-order valence-electron chi connectivity index (χ4n) is 1.70. The molecule has 1 heterocycles. The fourth-order valence-corrected chi connectivity index (χ4v) is 2.62. The lowest BCUT2D eigenvalue weighted by molar-refractivity contribution is -0.121. The monoisotopic (exact) mass is 294 g/mol. The average molecular weight is 295 g/mol. The first-order valence-corrected chi connectivity index (χ1v) is 7.31. The molecule has 0 atom stereocenters. The van der Waals surface area contributed by atoms with Crippen molar-refractivity contribution in [2.24, 2.45) is 0 Å². The second-order valence-electron chi connectivity index (χ2n) is 4.29. The lowest BCUT2D eigenvalue weighted by Crippen LogP contribution is -2.22. The molecule has 100 valence electrons. The van der Waals surface area contributed by atoms with Crippen LogP contribution in [-0.4, -0.2) is 10.9 Å². The van der Waals surface area contributed by atoms with Crippen LogP contribution in [0.15, 0.2) is 29.6 Å². The van der Waals surface area contributed by atoms with Gasteiger partial charge in [0.05, 0.1) is 6.54 Å². The molecule has 0 aliphatic carbocycles. The van der Waals surface area contributed by atoms with Crippen molar-refractivity contribution in [1.82, 2.24) is 10.3 Å². The topological polar surface area (TPSA) is 42.0 Å². The van der Waals surface area contributed by atoms with Gasteiger partial charge in [-0.05, 0) is 31.0 Å². The van der Waals surface area contributed by atoms with Crippen LogP contribution in [-0.2, 0) is 17.8 Å². The van der Waals surface area contributed by atoms with Crippen molar-refractivity contribution in [3.63, 3.8) is 0 Å². The predicted molar refractivity (Wildman–Crippen MR) is 78.5 cm³/mol. The zero-order valence-corrected chi connectivity index (χ0v) is 12.2. The van der Waals surface area contributed by atoms with Gasteiger partial charge in [-0.2, -0.15) is 0 Å². The van der Waals surface area contributed by atoms with Gasteiger partial charge in [-0.15, -0.1) is 11.3 Å². The SMILES string of the molecule is Cc1csc(CNC(=O)CCc2cccc(Cl)c2)n1. The fraction of sp³-hybridized carbons (Fsp3) is 0.286. The lowest BCUT2D eigenvalue weighted by atomic mass is 10.1. The summed E-state index contributed by atoms with van der Waals surface area (Å²) in [6.07, 6.45) is 1.16. The molecule has 0 saturated heterocycles. The largest absolute Gasteiger partial charge is 0.350 e. The number of rotatable bonds is 5.